The highest BCUT2D eigenvalue weighted by Gasteiger charge is 2.51. The van der Waals surface area contributed by atoms with Crippen LogP contribution in [0.2, 0.25) is 0 Å². The van der Waals surface area contributed by atoms with Gasteiger partial charge in [0.25, 0.3) is 0 Å². The van der Waals surface area contributed by atoms with Gasteiger partial charge in [0.15, 0.2) is 0 Å². The summed E-state index contributed by atoms with van der Waals surface area (Å²) in [5.41, 5.74) is 0.682. The standard InChI is InChI=1S/C14H17Cl2NO3S2/c1-22(19,20)7-6-13(18)17-11-4-2-3-5-12(11)21-9-10-8-14(10,15)16/h2-5,10H,6-9H2,1H3,(H,17,18). The van der Waals surface area contributed by atoms with Crippen LogP contribution < -0.4 is 5.32 Å². The van der Waals surface area contributed by atoms with Crippen LogP contribution >= 0.6 is 35.0 Å². The number of benzene rings is 1. The number of hydrogen-bond acceptors (Lipinski definition) is 4. The summed E-state index contributed by atoms with van der Waals surface area (Å²) < 4.78 is 21.6. The number of rotatable bonds is 7. The summed E-state index contributed by atoms with van der Waals surface area (Å²) in [6, 6.07) is 7.41. The summed E-state index contributed by atoms with van der Waals surface area (Å²) in [7, 11) is -3.14. The molecule has 0 heterocycles. The number of sulfone groups is 1. The summed E-state index contributed by atoms with van der Waals surface area (Å²) in [4.78, 5) is 12.8. The smallest absolute Gasteiger partial charge is 0.225 e. The van der Waals surface area contributed by atoms with Crippen molar-refractivity contribution in [1.29, 1.82) is 0 Å². The third kappa shape index (κ3) is 5.65. The third-order valence-corrected chi connectivity index (χ3v) is 6.36. The van der Waals surface area contributed by atoms with E-state index in [0.717, 1.165) is 23.3 Å². The van der Waals surface area contributed by atoms with Gasteiger partial charge in [0.05, 0.1) is 11.4 Å². The summed E-state index contributed by atoms with van der Waals surface area (Å²) in [5, 5.41) is 2.76. The van der Waals surface area contributed by atoms with Gasteiger partial charge in [-0.2, -0.15) is 0 Å². The van der Waals surface area contributed by atoms with Crippen molar-refractivity contribution in [3.63, 3.8) is 0 Å². The number of carbonyl (C=O) groups is 1. The third-order valence-electron chi connectivity index (χ3n) is 3.26. The predicted molar refractivity (Wildman–Crippen MR) is 92.7 cm³/mol. The zero-order valence-corrected chi connectivity index (χ0v) is 15.2. The van der Waals surface area contributed by atoms with Crippen molar-refractivity contribution in [3.05, 3.63) is 24.3 Å². The maximum absolute atomic E-state index is 11.8. The van der Waals surface area contributed by atoms with Crippen molar-refractivity contribution in [2.75, 3.05) is 23.1 Å². The molecule has 1 fully saturated rings. The van der Waals surface area contributed by atoms with E-state index in [-0.39, 0.29) is 24.0 Å². The lowest BCUT2D eigenvalue weighted by atomic mass is 10.3. The molecule has 8 heteroatoms. The van der Waals surface area contributed by atoms with Gasteiger partial charge >= 0.3 is 0 Å². The Balaban J connectivity index is 1.92. The minimum atomic E-state index is -3.14. The molecule has 1 unspecified atom stereocenters. The van der Waals surface area contributed by atoms with E-state index in [0.29, 0.717) is 5.69 Å². The van der Waals surface area contributed by atoms with Gasteiger partial charge in [-0.15, -0.1) is 35.0 Å². The molecule has 1 atom stereocenters. The highest BCUT2D eigenvalue weighted by molar-refractivity contribution is 7.99. The van der Waals surface area contributed by atoms with Crippen molar-refractivity contribution in [3.8, 4) is 0 Å². The zero-order chi connectivity index (χ0) is 16.4. The van der Waals surface area contributed by atoms with Crippen LogP contribution in [-0.4, -0.2) is 36.4 Å². The van der Waals surface area contributed by atoms with Crippen LogP contribution in [0.5, 0.6) is 0 Å². The van der Waals surface area contributed by atoms with Crippen molar-refractivity contribution >= 4 is 56.4 Å². The van der Waals surface area contributed by atoms with Gasteiger partial charge in [-0.25, -0.2) is 8.42 Å². The van der Waals surface area contributed by atoms with E-state index in [9.17, 15) is 13.2 Å². The molecule has 0 bridgehead atoms. The average molecular weight is 382 g/mol. The molecule has 2 rings (SSSR count). The molecule has 22 heavy (non-hydrogen) atoms. The topological polar surface area (TPSA) is 63.2 Å². The molecule has 1 amide bonds. The molecule has 4 nitrogen and oxygen atoms in total. The fourth-order valence-electron chi connectivity index (χ4n) is 1.83. The fraction of sp³-hybridized carbons (Fsp3) is 0.500. The molecular formula is C14H17Cl2NO3S2. The van der Waals surface area contributed by atoms with Crippen molar-refractivity contribution in [1.82, 2.24) is 0 Å². The number of para-hydroxylation sites is 1. The number of amides is 1. The predicted octanol–water partition coefficient (Wildman–Crippen LogP) is 3.35. The Morgan fingerprint density at radius 1 is 1.41 bits per heavy atom. The monoisotopic (exact) mass is 381 g/mol. The van der Waals surface area contributed by atoms with Gasteiger partial charge in [0.1, 0.15) is 14.2 Å². The van der Waals surface area contributed by atoms with Gasteiger partial charge in [-0.05, 0) is 18.6 Å². The molecule has 0 aromatic heterocycles. The van der Waals surface area contributed by atoms with E-state index in [1.165, 1.54) is 0 Å². The zero-order valence-electron chi connectivity index (χ0n) is 12.0. The first kappa shape index (κ1) is 17.9. The molecule has 0 spiro atoms. The molecule has 1 aliphatic rings. The number of anilines is 1. The second kappa shape index (κ2) is 6.99. The van der Waals surface area contributed by atoms with Crippen LogP contribution in [0.4, 0.5) is 5.69 Å². The molecule has 1 N–H and O–H groups in total. The normalized spacial score (nSPS) is 19.7. The van der Waals surface area contributed by atoms with E-state index in [2.05, 4.69) is 5.32 Å². The Hall–Kier alpha value is -0.430. The number of halogens is 2. The van der Waals surface area contributed by atoms with E-state index < -0.39 is 14.2 Å². The van der Waals surface area contributed by atoms with Gasteiger partial charge < -0.3 is 5.32 Å². The molecule has 0 saturated heterocycles. The van der Waals surface area contributed by atoms with Gasteiger partial charge in [0.2, 0.25) is 5.91 Å². The van der Waals surface area contributed by atoms with Crippen molar-refractivity contribution in [2.24, 2.45) is 5.92 Å². The first-order valence-corrected chi connectivity index (χ1v) is 10.5. The van der Waals surface area contributed by atoms with Crippen LogP contribution in [0, 0.1) is 5.92 Å². The summed E-state index contributed by atoms with van der Waals surface area (Å²) >= 11 is 13.6. The lowest BCUT2D eigenvalue weighted by Gasteiger charge is -2.10. The Bertz CT molecular complexity index is 662. The number of thioether (sulfide) groups is 1. The molecule has 0 radical (unpaired) electrons. The van der Waals surface area contributed by atoms with Crippen LogP contribution in [0.25, 0.3) is 0 Å². The number of alkyl halides is 2. The van der Waals surface area contributed by atoms with Crippen LogP contribution in [0.15, 0.2) is 29.2 Å². The minimum Gasteiger partial charge on any atom is -0.325 e. The van der Waals surface area contributed by atoms with Gasteiger partial charge in [0, 0.05) is 29.2 Å². The van der Waals surface area contributed by atoms with Crippen LogP contribution in [0.3, 0.4) is 0 Å². The van der Waals surface area contributed by atoms with E-state index in [1.807, 2.05) is 18.2 Å². The Morgan fingerprint density at radius 2 is 2.05 bits per heavy atom. The Labute approximate surface area is 144 Å². The molecule has 1 aliphatic carbocycles. The highest BCUT2D eigenvalue weighted by Crippen LogP contribution is 2.55. The number of nitrogens with one attached hydrogen (secondary N) is 1. The van der Waals surface area contributed by atoms with Crippen LogP contribution in [0.1, 0.15) is 12.8 Å². The summed E-state index contributed by atoms with van der Waals surface area (Å²) in [6.45, 7) is 0. The molecule has 122 valence electrons. The Kier molecular flexibility index (Phi) is 5.69. The first-order chi connectivity index (χ1) is 10.2. The maximum atomic E-state index is 11.8. The number of carbonyl (C=O) groups excluding carboxylic acids is 1. The minimum absolute atomic E-state index is 0.0487. The fourth-order valence-corrected chi connectivity index (χ4v) is 4.33. The van der Waals surface area contributed by atoms with Crippen molar-refractivity contribution in [2.45, 2.75) is 22.1 Å². The molecule has 1 aromatic rings. The highest BCUT2D eigenvalue weighted by atomic mass is 35.5. The SMILES string of the molecule is CS(=O)(=O)CCC(=O)Nc1ccccc1SCC1CC1(Cl)Cl. The molecule has 0 aliphatic heterocycles. The second-order valence-corrected chi connectivity index (χ2v) is 10.3. The average Bonchev–Trinajstić information content (AvgIpc) is 3.02. The lowest BCUT2D eigenvalue weighted by molar-refractivity contribution is -0.115. The van der Waals surface area contributed by atoms with Crippen LogP contribution in [-0.2, 0) is 14.6 Å². The quantitative estimate of drug-likeness (QED) is 0.580. The number of hydrogen-bond donors (Lipinski definition) is 1. The molecule has 1 aromatic carbocycles. The van der Waals surface area contributed by atoms with Gasteiger partial charge in [-0.1, -0.05) is 12.1 Å². The van der Waals surface area contributed by atoms with Gasteiger partial charge in [-0.3, -0.25) is 4.79 Å². The summed E-state index contributed by atoms with van der Waals surface area (Å²) in [6.07, 6.45) is 1.85. The largest absolute Gasteiger partial charge is 0.325 e. The van der Waals surface area contributed by atoms with E-state index in [1.54, 1.807) is 17.8 Å². The Morgan fingerprint density at radius 3 is 2.64 bits per heavy atom. The van der Waals surface area contributed by atoms with Crippen molar-refractivity contribution < 1.29 is 13.2 Å². The summed E-state index contributed by atoms with van der Waals surface area (Å²) in [5.74, 6) is 0.573. The lowest BCUT2D eigenvalue weighted by Crippen LogP contribution is -2.16. The molecular weight excluding hydrogens is 365 g/mol. The molecule has 1 saturated carbocycles. The first-order valence-electron chi connectivity index (χ1n) is 6.74. The maximum Gasteiger partial charge on any atom is 0.225 e. The van der Waals surface area contributed by atoms with E-state index >= 15 is 0 Å². The second-order valence-electron chi connectivity index (χ2n) is 5.40. The van der Waals surface area contributed by atoms with E-state index in [4.69, 9.17) is 23.2 Å².